The maximum Gasteiger partial charge on any atom is 0.389 e. The number of alkyl halides is 3. The van der Waals surface area contributed by atoms with Crippen molar-refractivity contribution in [1.29, 1.82) is 0 Å². The molecule has 1 N–H and O–H groups in total. The summed E-state index contributed by atoms with van der Waals surface area (Å²) >= 11 is 1.02. The molecule has 9 heteroatoms. The minimum atomic E-state index is -4.13. The molecular formula is C10H18F3N5S. The average molecular weight is 297 g/mol. The molecule has 1 aromatic heterocycles. The van der Waals surface area contributed by atoms with Gasteiger partial charge in [-0.1, -0.05) is 25.6 Å². The number of nitrogens with one attached hydrogen (secondary N) is 1. The topological polar surface area (TPSA) is 55.6 Å². The highest BCUT2D eigenvalue weighted by molar-refractivity contribution is 7.99. The van der Waals surface area contributed by atoms with Gasteiger partial charge in [0.1, 0.15) is 0 Å². The van der Waals surface area contributed by atoms with E-state index in [-0.39, 0.29) is 5.75 Å². The molecular weight excluding hydrogens is 279 g/mol. The largest absolute Gasteiger partial charge is 0.389 e. The third-order valence-electron chi connectivity index (χ3n) is 2.17. The molecule has 0 aliphatic rings. The second-order valence-corrected chi connectivity index (χ2v) is 5.56. The number of thioether (sulfide) groups is 1. The highest BCUT2D eigenvalue weighted by Gasteiger charge is 2.26. The van der Waals surface area contributed by atoms with Gasteiger partial charge in [0.25, 0.3) is 0 Å². The first-order chi connectivity index (χ1) is 8.88. The first-order valence-electron chi connectivity index (χ1n) is 6.05. The third kappa shape index (κ3) is 7.36. The summed E-state index contributed by atoms with van der Waals surface area (Å²) in [6, 6.07) is 0. The van der Waals surface area contributed by atoms with Crippen LogP contribution >= 0.6 is 11.8 Å². The summed E-state index contributed by atoms with van der Waals surface area (Å²) in [7, 11) is 0. The molecule has 0 saturated carbocycles. The van der Waals surface area contributed by atoms with Crippen LogP contribution < -0.4 is 5.32 Å². The second-order valence-electron chi connectivity index (χ2n) is 4.50. The summed E-state index contributed by atoms with van der Waals surface area (Å²) < 4.78 is 37.6. The van der Waals surface area contributed by atoms with Crippen LogP contribution in [0.15, 0.2) is 5.16 Å². The Bertz CT molecular complexity index is 366. The van der Waals surface area contributed by atoms with Crippen LogP contribution in [0.25, 0.3) is 0 Å². The number of hydrogen-bond acceptors (Lipinski definition) is 5. The van der Waals surface area contributed by atoms with Crippen LogP contribution in [0.2, 0.25) is 0 Å². The van der Waals surface area contributed by atoms with Crippen molar-refractivity contribution in [2.75, 3.05) is 18.8 Å². The number of nitrogens with zero attached hydrogens (tertiary/aromatic N) is 4. The van der Waals surface area contributed by atoms with Gasteiger partial charge in [-0.05, 0) is 22.9 Å². The summed E-state index contributed by atoms with van der Waals surface area (Å²) in [6.07, 6.45) is -4.97. The summed E-state index contributed by atoms with van der Waals surface area (Å²) in [5, 5.41) is 14.6. The second kappa shape index (κ2) is 7.68. The molecule has 5 nitrogen and oxygen atoms in total. The van der Waals surface area contributed by atoms with E-state index in [1.54, 1.807) is 0 Å². The molecule has 0 aliphatic heterocycles. The number of rotatable bonds is 8. The predicted octanol–water partition coefficient (Wildman–Crippen LogP) is 1.96. The molecule has 110 valence electrons. The summed E-state index contributed by atoms with van der Waals surface area (Å²) in [4.78, 5) is 0. The summed E-state index contributed by atoms with van der Waals surface area (Å²) in [5.74, 6) is 0.484. The quantitative estimate of drug-likeness (QED) is 0.587. The molecule has 0 aromatic carbocycles. The van der Waals surface area contributed by atoms with Gasteiger partial charge in [-0.25, -0.2) is 4.68 Å². The van der Waals surface area contributed by atoms with E-state index in [0.29, 0.717) is 24.2 Å². The molecule has 0 aliphatic carbocycles. The molecule has 0 spiro atoms. The fraction of sp³-hybridized carbons (Fsp3) is 0.900. The van der Waals surface area contributed by atoms with Gasteiger partial charge < -0.3 is 5.32 Å². The standard InChI is InChI=1S/C10H18F3N5S/c1-8(2)7-14-4-5-18-9(15-16-17-18)19-6-3-10(11,12)13/h8,14H,3-7H2,1-2H3. The van der Waals surface area contributed by atoms with Crippen LogP contribution in [0, 0.1) is 5.92 Å². The van der Waals surface area contributed by atoms with Crippen molar-refractivity contribution in [3.63, 3.8) is 0 Å². The lowest BCUT2D eigenvalue weighted by atomic mass is 10.2. The smallest absolute Gasteiger partial charge is 0.315 e. The fourth-order valence-electron chi connectivity index (χ4n) is 1.27. The van der Waals surface area contributed by atoms with Crippen molar-refractivity contribution in [3.05, 3.63) is 0 Å². The predicted molar refractivity (Wildman–Crippen MR) is 66.9 cm³/mol. The van der Waals surface area contributed by atoms with Crippen molar-refractivity contribution in [3.8, 4) is 0 Å². The lowest BCUT2D eigenvalue weighted by Gasteiger charge is -2.08. The van der Waals surface area contributed by atoms with Gasteiger partial charge in [0, 0.05) is 12.3 Å². The van der Waals surface area contributed by atoms with Gasteiger partial charge in [0.05, 0.1) is 13.0 Å². The monoisotopic (exact) mass is 297 g/mol. The molecule has 1 aromatic rings. The molecule has 0 unspecified atom stereocenters. The summed E-state index contributed by atoms with van der Waals surface area (Å²) in [5.41, 5.74) is 0. The Labute approximate surface area is 114 Å². The van der Waals surface area contributed by atoms with E-state index in [1.807, 2.05) is 0 Å². The van der Waals surface area contributed by atoms with Gasteiger partial charge in [0.2, 0.25) is 5.16 Å². The Morgan fingerprint density at radius 2 is 2.11 bits per heavy atom. The number of tetrazole rings is 1. The van der Waals surface area contributed by atoms with Crippen molar-refractivity contribution in [1.82, 2.24) is 25.5 Å². The Morgan fingerprint density at radius 3 is 2.74 bits per heavy atom. The first-order valence-corrected chi connectivity index (χ1v) is 7.03. The maximum atomic E-state index is 12.0. The lowest BCUT2D eigenvalue weighted by molar-refractivity contribution is -0.129. The number of halogens is 3. The van der Waals surface area contributed by atoms with Gasteiger partial charge in [-0.15, -0.1) is 5.10 Å². The van der Waals surface area contributed by atoms with Crippen LogP contribution in [0.3, 0.4) is 0 Å². The normalized spacial score (nSPS) is 12.3. The Hall–Kier alpha value is -0.830. The molecule has 0 fully saturated rings. The van der Waals surface area contributed by atoms with E-state index in [4.69, 9.17) is 0 Å². The van der Waals surface area contributed by atoms with Gasteiger partial charge in [-0.2, -0.15) is 13.2 Å². The van der Waals surface area contributed by atoms with Crippen molar-refractivity contribution in [2.45, 2.75) is 38.1 Å². The molecule has 0 amide bonds. The zero-order valence-electron chi connectivity index (χ0n) is 10.9. The molecule has 1 rings (SSSR count). The van der Waals surface area contributed by atoms with Crippen LogP contribution in [0.5, 0.6) is 0 Å². The van der Waals surface area contributed by atoms with Crippen molar-refractivity contribution < 1.29 is 13.2 Å². The molecule has 1 heterocycles. The molecule has 19 heavy (non-hydrogen) atoms. The van der Waals surface area contributed by atoms with E-state index in [9.17, 15) is 13.2 Å². The molecule has 0 bridgehead atoms. The molecule has 0 atom stereocenters. The minimum Gasteiger partial charge on any atom is -0.315 e. The Morgan fingerprint density at radius 1 is 1.37 bits per heavy atom. The number of aromatic nitrogens is 4. The maximum absolute atomic E-state index is 12.0. The zero-order valence-corrected chi connectivity index (χ0v) is 11.8. The average Bonchev–Trinajstić information content (AvgIpc) is 2.70. The zero-order chi connectivity index (χ0) is 14.3. The highest BCUT2D eigenvalue weighted by atomic mass is 32.2. The Balaban J connectivity index is 2.30. The van der Waals surface area contributed by atoms with E-state index in [1.165, 1.54) is 4.68 Å². The fourth-order valence-corrected chi connectivity index (χ4v) is 2.16. The molecule has 0 radical (unpaired) electrons. The summed E-state index contributed by atoms with van der Waals surface area (Å²) in [6.45, 7) is 6.33. The van der Waals surface area contributed by atoms with E-state index in [0.717, 1.165) is 18.3 Å². The van der Waals surface area contributed by atoms with Gasteiger partial charge in [0.15, 0.2) is 0 Å². The number of hydrogen-bond donors (Lipinski definition) is 1. The van der Waals surface area contributed by atoms with E-state index >= 15 is 0 Å². The SMILES string of the molecule is CC(C)CNCCn1nnnc1SCCC(F)(F)F. The molecule has 0 saturated heterocycles. The first kappa shape index (κ1) is 16.2. The van der Waals surface area contributed by atoms with Crippen LogP contribution in [-0.2, 0) is 6.54 Å². The van der Waals surface area contributed by atoms with Gasteiger partial charge in [-0.3, -0.25) is 0 Å². The van der Waals surface area contributed by atoms with Gasteiger partial charge >= 0.3 is 6.18 Å². The Kier molecular flexibility index (Phi) is 6.56. The van der Waals surface area contributed by atoms with Crippen LogP contribution in [0.1, 0.15) is 20.3 Å². The minimum absolute atomic E-state index is 0.0662. The van der Waals surface area contributed by atoms with E-state index in [2.05, 4.69) is 34.7 Å². The van der Waals surface area contributed by atoms with Crippen molar-refractivity contribution >= 4 is 11.8 Å². The van der Waals surface area contributed by atoms with Crippen molar-refractivity contribution in [2.24, 2.45) is 5.92 Å². The van der Waals surface area contributed by atoms with Crippen LogP contribution in [-0.4, -0.2) is 45.2 Å². The van der Waals surface area contributed by atoms with E-state index < -0.39 is 12.6 Å². The van der Waals surface area contributed by atoms with Crippen LogP contribution in [0.4, 0.5) is 13.2 Å². The lowest BCUT2D eigenvalue weighted by Crippen LogP contribution is -2.24. The highest BCUT2D eigenvalue weighted by Crippen LogP contribution is 2.24. The third-order valence-corrected chi connectivity index (χ3v) is 3.13.